The molecule has 4 rings (SSSR count). The molecule has 0 atom stereocenters. The van der Waals surface area contributed by atoms with E-state index in [9.17, 15) is 4.79 Å². The predicted molar refractivity (Wildman–Crippen MR) is 114 cm³/mol. The lowest BCUT2D eigenvalue weighted by Crippen LogP contribution is -2.44. The average molecular weight is 379 g/mol. The molecule has 1 aromatic carbocycles. The van der Waals surface area contributed by atoms with Crippen LogP contribution < -0.4 is 0 Å². The Balaban J connectivity index is 1.54. The first kappa shape index (κ1) is 19.3. The van der Waals surface area contributed by atoms with E-state index >= 15 is 0 Å². The number of aryl methyl sites for hydroxylation is 1. The zero-order valence-corrected chi connectivity index (χ0v) is 17.3. The first-order chi connectivity index (χ1) is 13.7. The van der Waals surface area contributed by atoms with Crippen LogP contribution >= 0.6 is 0 Å². The molecule has 2 aliphatic rings. The zero-order valence-electron chi connectivity index (χ0n) is 17.3. The third-order valence-corrected chi connectivity index (χ3v) is 6.86. The van der Waals surface area contributed by atoms with Gasteiger partial charge in [0.1, 0.15) is 0 Å². The van der Waals surface area contributed by atoms with Gasteiger partial charge in [0.2, 0.25) is 5.91 Å². The summed E-state index contributed by atoms with van der Waals surface area (Å²) in [6, 6.07) is 13.4. The minimum absolute atomic E-state index is 0.265. The van der Waals surface area contributed by atoms with Gasteiger partial charge >= 0.3 is 0 Å². The maximum absolute atomic E-state index is 13.4. The van der Waals surface area contributed by atoms with Crippen LogP contribution in [0.2, 0.25) is 0 Å². The lowest BCUT2D eigenvalue weighted by atomic mass is 9.92. The molecule has 0 radical (unpaired) electrons. The maximum atomic E-state index is 13.4. The van der Waals surface area contributed by atoms with E-state index in [0.717, 1.165) is 25.9 Å². The Kier molecular flexibility index (Phi) is 6.19. The van der Waals surface area contributed by atoms with Crippen molar-refractivity contribution in [3.63, 3.8) is 0 Å². The van der Waals surface area contributed by atoms with E-state index in [0.29, 0.717) is 11.9 Å². The highest BCUT2D eigenvalue weighted by atomic mass is 16.2. The maximum Gasteiger partial charge on any atom is 0.226 e. The number of aromatic nitrogens is 1. The third kappa shape index (κ3) is 4.34. The molecule has 0 aliphatic heterocycles. The van der Waals surface area contributed by atoms with Crippen molar-refractivity contribution < 1.29 is 4.79 Å². The van der Waals surface area contributed by atoms with E-state index in [-0.39, 0.29) is 5.92 Å². The molecule has 2 aliphatic carbocycles. The van der Waals surface area contributed by atoms with Gasteiger partial charge in [-0.05, 0) is 55.9 Å². The number of hydrogen-bond acceptors (Lipinski definition) is 1. The van der Waals surface area contributed by atoms with Gasteiger partial charge in [-0.3, -0.25) is 4.79 Å². The minimum Gasteiger partial charge on any atom is -0.345 e. The van der Waals surface area contributed by atoms with Crippen LogP contribution in [-0.2, 0) is 17.9 Å². The fourth-order valence-electron chi connectivity index (χ4n) is 5.08. The second-order valence-electron chi connectivity index (χ2n) is 8.79. The SMILES string of the molecule is Cc1ccccc1Cn1cccc1CN(C(=O)C1CCCC1)C1CCCCC1. The zero-order chi connectivity index (χ0) is 19.3. The largest absolute Gasteiger partial charge is 0.345 e. The van der Waals surface area contributed by atoms with Crippen molar-refractivity contribution in [3.8, 4) is 0 Å². The average Bonchev–Trinajstić information content (AvgIpc) is 3.40. The van der Waals surface area contributed by atoms with Crippen LogP contribution in [0.15, 0.2) is 42.6 Å². The second kappa shape index (κ2) is 8.98. The Labute approximate surface area is 169 Å². The summed E-state index contributed by atoms with van der Waals surface area (Å²) in [4.78, 5) is 15.7. The number of rotatable bonds is 6. The fourth-order valence-corrected chi connectivity index (χ4v) is 5.08. The van der Waals surface area contributed by atoms with E-state index in [1.807, 2.05) is 0 Å². The van der Waals surface area contributed by atoms with Crippen molar-refractivity contribution in [2.24, 2.45) is 5.92 Å². The summed E-state index contributed by atoms with van der Waals surface area (Å²) >= 11 is 0. The third-order valence-electron chi connectivity index (χ3n) is 6.86. The molecule has 1 heterocycles. The molecule has 28 heavy (non-hydrogen) atoms. The van der Waals surface area contributed by atoms with E-state index < -0.39 is 0 Å². The Morgan fingerprint density at radius 2 is 1.68 bits per heavy atom. The van der Waals surface area contributed by atoms with Crippen LogP contribution in [0.3, 0.4) is 0 Å². The Morgan fingerprint density at radius 1 is 0.964 bits per heavy atom. The highest BCUT2D eigenvalue weighted by Crippen LogP contribution is 2.31. The smallest absolute Gasteiger partial charge is 0.226 e. The van der Waals surface area contributed by atoms with Crippen molar-refractivity contribution in [1.29, 1.82) is 0 Å². The molecule has 2 fully saturated rings. The van der Waals surface area contributed by atoms with Gasteiger partial charge in [-0.25, -0.2) is 0 Å². The number of benzene rings is 1. The molecule has 0 spiro atoms. The fraction of sp³-hybridized carbons (Fsp3) is 0.560. The molecule has 150 valence electrons. The van der Waals surface area contributed by atoms with Gasteiger partial charge < -0.3 is 9.47 Å². The summed E-state index contributed by atoms with van der Waals surface area (Å²) in [6.45, 7) is 3.82. The van der Waals surface area contributed by atoms with E-state index in [1.165, 1.54) is 61.8 Å². The lowest BCUT2D eigenvalue weighted by molar-refractivity contribution is -0.139. The molecular formula is C25H34N2O. The van der Waals surface area contributed by atoms with E-state index in [1.54, 1.807) is 0 Å². The Bertz CT molecular complexity index is 781. The first-order valence-electron chi connectivity index (χ1n) is 11.2. The topological polar surface area (TPSA) is 25.2 Å². The first-order valence-corrected chi connectivity index (χ1v) is 11.2. The van der Waals surface area contributed by atoms with Gasteiger partial charge in [-0.2, -0.15) is 0 Å². The predicted octanol–water partition coefficient (Wildman–Crippen LogP) is 5.70. The molecule has 0 unspecified atom stereocenters. The summed E-state index contributed by atoms with van der Waals surface area (Å²) in [5.74, 6) is 0.690. The van der Waals surface area contributed by atoms with Crippen LogP contribution in [0, 0.1) is 12.8 Å². The number of carbonyl (C=O) groups excluding carboxylic acids is 1. The van der Waals surface area contributed by atoms with Crippen molar-refractivity contribution in [2.75, 3.05) is 0 Å². The molecule has 0 bridgehead atoms. The van der Waals surface area contributed by atoms with Crippen molar-refractivity contribution in [2.45, 2.75) is 83.8 Å². The van der Waals surface area contributed by atoms with Gasteiger partial charge in [0, 0.05) is 30.4 Å². The van der Waals surface area contributed by atoms with Crippen LogP contribution in [0.25, 0.3) is 0 Å². The normalized spacial score (nSPS) is 18.5. The quantitative estimate of drug-likeness (QED) is 0.633. The monoisotopic (exact) mass is 378 g/mol. The second-order valence-corrected chi connectivity index (χ2v) is 8.79. The number of hydrogen-bond donors (Lipinski definition) is 0. The summed E-state index contributed by atoms with van der Waals surface area (Å²) in [6.07, 6.45) is 13.0. The number of carbonyl (C=O) groups is 1. The number of amides is 1. The van der Waals surface area contributed by atoms with Crippen molar-refractivity contribution in [3.05, 3.63) is 59.4 Å². The van der Waals surface area contributed by atoms with Gasteiger partial charge in [0.25, 0.3) is 0 Å². The minimum atomic E-state index is 0.265. The summed E-state index contributed by atoms with van der Waals surface area (Å²) in [5, 5.41) is 0. The summed E-state index contributed by atoms with van der Waals surface area (Å²) in [5.41, 5.74) is 3.94. The Hall–Kier alpha value is -2.03. The molecule has 3 nitrogen and oxygen atoms in total. The molecular weight excluding hydrogens is 344 g/mol. The molecule has 2 aromatic rings. The molecule has 1 aromatic heterocycles. The molecule has 1 amide bonds. The summed E-state index contributed by atoms with van der Waals surface area (Å²) < 4.78 is 2.33. The highest BCUT2D eigenvalue weighted by Gasteiger charge is 2.32. The van der Waals surface area contributed by atoms with Crippen LogP contribution in [0.5, 0.6) is 0 Å². The van der Waals surface area contributed by atoms with Gasteiger partial charge in [-0.15, -0.1) is 0 Å². The van der Waals surface area contributed by atoms with Gasteiger partial charge in [0.05, 0.1) is 6.54 Å². The van der Waals surface area contributed by atoms with Crippen LogP contribution in [-0.4, -0.2) is 21.4 Å². The van der Waals surface area contributed by atoms with E-state index in [4.69, 9.17) is 0 Å². The van der Waals surface area contributed by atoms with Gasteiger partial charge in [-0.1, -0.05) is 56.4 Å². The molecule has 3 heteroatoms. The standard InChI is InChI=1S/C25H34N2O/c1-20-10-5-6-13-22(20)18-26-17-9-16-24(26)19-27(23-14-3-2-4-15-23)25(28)21-11-7-8-12-21/h5-6,9-10,13,16-17,21,23H,2-4,7-8,11-12,14-15,18-19H2,1H3. The van der Waals surface area contributed by atoms with Crippen LogP contribution in [0.1, 0.15) is 74.6 Å². The van der Waals surface area contributed by atoms with Crippen LogP contribution in [0.4, 0.5) is 0 Å². The van der Waals surface area contributed by atoms with Crippen molar-refractivity contribution in [1.82, 2.24) is 9.47 Å². The van der Waals surface area contributed by atoms with Gasteiger partial charge in [0.15, 0.2) is 0 Å². The molecule has 2 saturated carbocycles. The number of nitrogens with zero attached hydrogens (tertiary/aromatic N) is 2. The molecule has 0 N–H and O–H groups in total. The Morgan fingerprint density at radius 3 is 2.43 bits per heavy atom. The van der Waals surface area contributed by atoms with Crippen molar-refractivity contribution >= 4 is 5.91 Å². The lowest BCUT2D eigenvalue weighted by Gasteiger charge is -2.36. The van der Waals surface area contributed by atoms with E-state index in [2.05, 4.69) is 59.0 Å². The summed E-state index contributed by atoms with van der Waals surface area (Å²) in [7, 11) is 0. The highest BCUT2D eigenvalue weighted by molar-refractivity contribution is 5.79. The molecule has 0 saturated heterocycles.